The molecule has 2 aromatic carbocycles. The number of esters is 1. The predicted octanol–water partition coefficient (Wildman–Crippen LogP) is 3.67. The number of benzene rings is 2. The molecule has 0 spiro atoms. The second-order valence-corrected chi connectivity index (χ2v) is 8.22. The molecule has 4 rings (SSSR count). The monoisotopic (exact) mass is 478 g/mol. The van der Waals surface area contributed by atoms with Crippen LogP contribution >= 0.6 is 15.9 Å². The van der Waals surface area contributed by atoms with E-state index in [0.29, 0.717) is 40.5 Å². The van der Waals surface area contributed by atoms with Crippen LogP contribution in [-0.4, -0.2) is 46.1 Å². The van der Waals surface area contributed by atoms with Crippen molar-refractivity contribution < 1.29 is 33.6 Å². The molecule has 0 amide bonds. The molecule has 7 nitrogen and oxygen atoms in total. The maximum Gasteiger partial charge on any atom is 0.310 e. The lowest BCUT2D eigenvalue weighted by atomic mass is 9.67. The fourth-order valence-electron chi connectivity index (χ4n) is 4.68. The Hall–Kier alpha value is -2.61. The number of phenolic OH excluding ortho intramolecular Hbond substituents is 1. The van der Waals surface area contributed by atoms with Gasteiger partial charge in [-0.15, -0.1) is 0 Å². The smallest absolute Gasteiger partial charge is 0.310 e. The van der Waals surface area contributed by atoms with Gasteiger partial charge in [0.05, 0.1) is 45.4 Å². The molecule has 0 saturated carbocycles. The molecule has 1 aliphatic heterocycles. The van der Waals surface area contributed by atoms with Gasteiger partial charge in [-0.2, -0.15) is 0 Å². The van der Waals surface area contributed by atoms with Gasteiger partial charge in [-0.25, -0.2) is 0 Å². The highest BCUT2D eigenvalue weighted by atomic mass is 79.9. The van der Waals surface area contributed by atoms with Crippen LogP contribution in [0.3, 0.4) is 0 Å². The fraction of sp³-hybridized carbons (Fsp3) is 0.409. The van der Waals surface area contributed by atoms with Crippen molar-refractivity contribution in [2.75, 3.05) is 35.0 Å². The van der Waals surface area contributed by atoms with Gasteiger partial charge in [0, 0.05) is 17.4 Å². The van der Waals surface area contributed by atoms with Gasteiger partial charge >= 0.3 is 5.97 Å². The molecule has 160 valence electrons. The minimum absolute atomic E-state index is 0.00195. The van der Waals surface area contributed by atoms with Gasteiger partial charge in [0.1, 0.15) is 0 Å². The molecule has 1 saturated heterocycles. The van der Waals surface area contributed by atoms with E-state index in [-0.39, 0.29) is 29.5 Å². The number of hydrogen-bond donors (Lipinski definition) is 1. The third kappa shape index (κ3) is 3.05. The Bertz CT molecular complexity index is 1000. The molecule has 30 heavy (non-hydrogen) atoms. The first-order valence-electron chi connectivity index (χ1n) is 9.49. The summed E-state index contributed by atoms with van der Waals surface area (Å²) < 4.78 is 28.2. The number of halogens is 1. The number of cyclic esters (lactones) is 1. The van der Waals surface area contributed by atoms with Crippen molar-refractivity contribution in [1.29, 1.82) is 0 Å². The van der Waals surface area contributed by atoms with Crippen LogP contribution in [0.5, 0.6) is 28.7 Å². The summed E-state index contributed by atoms with van der Waals surface area (Å²) in [6.07, 6.45) is 0.662. The predicted molar refractivity (Wildman–Crippen MR) is 112 cm³/mol. The molecule has 2 aromatic rings. The summed E-state index contributed by atoms with van der Waals surface area (Å²) in [6.45, 7) is 0.368. The molecule has 0 bridgehead atoms. The lowest BCUT2D eigenvalue weighted by Crippen LogP contribution is -2.32. The van der Waals surface area contributed by atoms with E-state index in [9.17, 15) is 9.90 Å². The number of phenols is 1. The molecule has 1 N–H and O–H groups in total. The molecular formula is C22H23BrO7. The summed E-state index contributed by atoms with van der Waals surface area (Å²) in [6, 6.07) is 5.49. The lowest BCUT2D eigenvalue weighted by Gasteiger charge is -2.35. The normalized spacial score (nSPS) is 22.0. The summed E-state index contributed by atoms with van der Waals surface area (Å²) in [5.74, 6) is 0.916. The summed E-state index contributed by atoms with van der Waals surface area (Å²) >= 11 is 3.40. The summed E-state index contributed by atoms with van der Waals surface area (Å²) in [5.41, 5.74) is 2.67. The van der Waals surface area contributed by atoms with Crippen molar-refractivity contribution in [2.45, 2.75) is 12.3 Å². The van der Waals surface area contributed by atoms with Crippen molar-refractivity contribution >= 4 is 21.9 Å². The van der Waals surface area contributed by atoms with Gasteiger partial charge in [0.15, 0.2) is 23.0 Å². The van der Waals surface area contributed by atoms with Crippen molar-refractivity contribution in [1.82, 2.24) is 0 Å². The summed E-state index contributed by atoms with van der Waals surface area (Å²) in [7, 11) is 6.19. The van der Waals surface area contributed by atoms with Gasteiger partial charge in [-0.05, 0) is 51.7 Å². The Labute approximate surface area is 183 Å². The highest BCUT2D eigenvalue weighted by Crippen LogP contribution is 2.55. The molecule has 1 fully saturated rings. The second kappa shape index (κ2) is 7.91. The minimum Gasteiger partial charge on any atom is -0.503 e. The van der Waals surface area contributed by atoms with Crippen LogP contribution in [0.4, 0.5) is 0 Å². The van der Waals surface area contributed by atoms with Crippen LogP contribution in [0.2, 0.25) is 0 Å². The van der Waals surface area contributed by atoms with Crippen LogP contribution in [0.1, 0.15) is 22.6 Å². The number of aromatic hydroxyl groups is 1. The average molecular weight is 479 g/mol. The molecule has 0 radical (unpaired) electrons. The first kappa shape index (κ1) is 20.7. The number of hydrogen-bond acceptors (Lipinski definition) is 7. The molecule has 3 atom stereocenters. The lowest BCUT2D eigenvalue weighted by molar-refractivity contribution is -0.141. The zero-order valence-corrected chi connectivity index (χ0v) is 18.7. The van der Waals surface area contributed by atoms with Crippen molar-refractivity contribution in [2.24, 2.45) is 11.8 Å². The van der Waals surface area contributed by atoms with Crippen molar-refractivity contribution in [3.8, 4) is 28.7 Å². The Morgan fingerprint density at radius 1 is 1.00 bits per heavy atom. The quantitative estimate of drug-likeness (QED) is 0.656. The molecule has 2 aliphatic rings. The largest absolute Gasteiger partial charge is 0.503 e. The zero-order chi connectivity index (χ0) is 21.6. The summed E-state index contributed by atoms with van der Waals surface area (Å²) in [5, 5.41) is 10.3. The first-order valence-corrected chi connectivity index (χ1v) is 10.3. The van der Waals surface area contributed by atoms with Crippen molar-refractivity contribution in [3.63, 3.8) is 0 Å². The third-order valence-corrected chi connectivity index (χ3v) is 6.56. The molecule has 0 aromatic heterocycles. The SMILES string of the molecule is COc1cc([C@H]2c3c(cc(OC)c(OC)c3OC)CC3COC(=O)[C@@H]32)cc(Br)c1O. The summed E-state index contributed by atoms with van der Waals surface area (Å²) in [4.78, 5) is 12.8. The van der Waals surface area contributed by atoms with Crippen LogP contribution in [0.15, 0.2) is 22.7 Å². The van der Waals surface area contributed by atoms with Crippen LogP contribution in [0.25, 0.3) is 0 Å². The maximum absolute atomic E-state index is 12.8. The molecule has 1 heterocycles. The van der Waals surface area contributed by atoms with Gasteiger partial charge in [-0.3, -0.25) is 4.79 Å². The van der Waals surface area contributed by atoms with Gasteiger partial charge in [0.25, 0.3) is 0 Å². The number of carbonyl (C=O) groups is 1. The van der Waals surface area contributed by atoms with Crippen LogP contribution < -0.4 is 18.9 Å². The highest BCUT2D eigenvalue weighted by molar-refractivity contribution is 9.10. The second-order valence-electron chi connectivity index (χ2n) is 7.37. The number of rotatable bonds is 5. The van der Waals surface area contributed by atoms with Gasteiger partial charge in [0.2, 0.25) is 5.75 Å². The minimum atomic E-state index is -0.384. The Kier molecular flexibility index (Phi) is 5.44. The number of carbonyl (C=O) groups excluding carboxylic acids is 1. The molecule has 1 unspecified atom stereocenters. The molecule has 1 aliphatic carbocycles. The average Bonchev–Trinajstić information content (AvgIpc) is 3.12. The van der Waals surface area contributed by atoms with E-state index >= 15 is 0 Å². The van der Waals surface area contributed by atoms with E-state index in [1.54, 1.807) is 33.5 Å². The highest BCUT2D eigenvalue weighted by Gasteiger charge is 2.49. The fourth-order valence-corrected chi connectivity index (χ4v) is 5.14. The van der Waals surface area contributed by atoms with E-state index in [2.05, 4.69) is 15.9 Å². The Balaban J connectivity index is 2.02. The maximum atomic E-state index is 12.8. The standard InChI is InChI=1S/C22H23BrO7/c1-26-14-7-11(6-13(23)19(14)24)16-17-10(5-12-9-30-22(25)18(12)16)8-15(27-2)20(28-3)21(17)29-4/h6-8,12,16,18,24H,5,9H2,1-4H3/t12?,16-,18-/m0/s1. The molecule has 8 heteroatoms. The first-order chi connectivity index (χ1) is 14.4. The molecular weight excluding hydrogens is 456 g/mol. The third-order valence-electron chi connectivity index (χ3n) is 5.96. The number of methoxy groups -OCH3 is 4. The van der Waals surface area contributed by atoms with Crippen LogP contribution in [0, 0.1) is 11.8 Å². The van der Waals surface area contributed by atoms with E-state index in [4.69, 9.17) is 23.7 Å². The topological polar surface area (TPSA) is 83.5 Å². The Morgan fingerprint density at radius 2 is 1.70 bits per heavy atom. The van der Waals surface area contributed by atoms with E-state index in [1.807, 2.05) is 6.07 Å². The zero-order valence-electron chi connectivity index (χ0n) is 17.2. The number of ether oxygens (including phenoxy) is 5. The van der Waals surface area contributed by atoms with Gasteiger partial charge < -0.3 is 28.8 Å². The van der Waals surface area contributed by atoms with Crippen LogP contribution in [-0.2, 0) is 16.0 Å². The Morgan fingerprint density at radius 3 is 2.33 bits per heavy atom. The van der Waals surface area contributed by atoms with E-state index in [0.717, 1.165) is 16.7 Å². The van der Waals surface area contributed by atoms with Gasteiger partial charge in [-0.1, -0.05) is 0 Å². The van der Waals surface area contributed by atoms with Crippen molar-refractivity contribution in [3.05, 3.63) is 39.4 Å². The van der Waals surface area contributed by atoms with E-state index < -0.39 is 0 Å². The number of fused-ring (bicyclic) bond motifs is 2. The van der Waals surface area contributed by atoms with E-state index in [1.165, 1.54) is 7.11 Å².